The Kier molecular flexibility index (Phi) is 4.98. The Morgan fingerprint density at radius 1 is 1.22 bits per heavy atom. The van der Waals surface area contributed by atoms with Gasteiger partial charge in [0, 0.05) is 15.8 Å². The van der Waals surface area contributed by atoms with Crippen LogP contribution in [0.5, 0.6) is 0 Å². The number of anilines is 1. The molecule has 1 N–H and O–H groups in total. The normalized spacial score (nSPS) is 16.9. The Morgan fingerprint density at radius 2 is 1.83 bits per heavy atom. The van der Waals surface area contributed by atoms with Crippen LogP contribution in [0, 0.1) is 0 Å². The topological polar surface area (TPSA) is 46.2 Å². The monoisotopic (exact) mass is 349 g/mol. The van der Waals surface area contributed by atoms with E-state index in [1.807, 2.05) is 36.0 Å². The molecule has 0 unspecified atom stereocenters. The summed E-state index contributed by atoms with van der Waals surface area (Å²) >= 11 is 4.84. The number of alkyl halides is 1. The third kappa shape index (κ3) is 4.17. The number of benzene rings is 1. The van der Waals surface area contributed by atoms with E-state index in [9.17, 15) is 8.42 Å². The lowest BCUT2D eigenvalue weighted by molar-refractivity contribution is 0.606. The molecule has 0 radical (unpaired) electrons. The summed E-state index contributed by atoms with van der Waals surface area (Å²) in [4.78, 5) is 1.21. The van der Waals surface area contributed by atoms with Gasteiger partial charge in [0.25, 0.3) is 0 Å². The molecule has 0 heterocycles. The van der Waals surface area contributed by atoms with Gasteiger partial charge in [0.15, 0.2) is 0 Å². The van der Waals surface area contributed by atoms with E-state index >= 15 is 0 Å². The number of hydrogen-bond acceptors (Lipinski definition) is 3. The van der Waals surface area contributed by atoms with Crippen molar-refractivity contribution in [3.05, 3.63) is 24.3 Å². The van der Waals surface area contributed by atoms with Crippen LogP contribution in [-0.4, -0.2) is 18.3 Å². The number of thioether (sulfide) groups is 1. The van der Waals surface area contributed by atoms with Gasteiger partial charge in [-0.3, -0.25) is 4.72 Å². The molecule has 2 rings (SSSR count). The highest BCUT2D eigenvalue weighted by molar-refractivity contribution is 9.10. The molecule has 1 aliphatic rings. The maximum atomic E-state index is 11.4. The molecule has 1 saturated carbocycles. The van der Waals surface area contributed by atoms with Crippen molar-refractivity contribution in [3.63, 3.8) is 0 Å². The summed E-state index contributed by atoms with van der Waals surface area (Å²) in [6, 6.07) is 7.60. The first-order chi connectivity index (χ1) is 8.59. The molecule has 1 aromatic rings. The van der Waals surface area contributed by atoms with Crippen molar-refractivity contribution in [1.82, 2.24) is 0 Å². The molecule has 0 aliphatic heterocycles. The molecule has 3 nitrogen and oxygen atoms in total. The first-order valence-electron chi connectivity index (χ1n) is 5.92. The quantitative estimate of drug-likeness (QED) is 0.822. The molecule has 0 spiro atoms. The van der Waals surface area contributed by atoms with E-state index in [0.29, 0.717) is 5.69 Å². The van der Waals surface area contributed by atoms with Crippen LogP contribution in [0.15, 0.2) is 29.2 Å². The summed E-state index contributed by atoms with van der Waals surface area (Å²) in [5, 5.41) is 0.732. The summed E-state index contributed by atoms with van der Waals surface area (Å²) in [5.41, 5.74) is 0.616. The highest BCUT2D eigenvalue weighted by Crippen LogP contribution is 2.34. The van der Waals surface area contributed by atoms with Gasteiger partial charge in [-0.25, -0.2) is 8.42 Å². The maximum Gasteiger partial charge on any atom is 0.242 e. The van der Waals surface area contributed by atoms with Crippen molar-refractivity contribution in [1.29, 1.82) is 0 Å². The van der Waals surface area contributed by atoms with Crippen LogP contribution in [-0.2, 0) is 10.0 Å². The van der Waals surface area contributed by atoms with E-state index in [4.69, 9.17) is 0 Å². The van der Waals surface area contributed by atoms with Crippen LogP contribution in [0.2, 0.25) is 0 Å². The second-order valence-electron chi connectivity index (χ2n) is 4.37. The molecule has 1 aromatic carbocycles. The van der Waals surface area contributed by atoms with Crippen LogP contribution in [0.25, 0.3) is 0 Å². The predicted molar refractivity (Wildman–Crippen MR) is 80.9 cm³/mol. The largest absolute Gasteiger partial charge is 0.283 e. The molecular formula is C12H16BrNO2S2. The summed E-state index contributed by atoms with van der Waals surface area (Å²) in [6.07, 6.45) is 5.26. The first-order valence-corrected chi connectivity index (χ1v) is 9.57. The molecule has 0 bridgehead atoms. The summed E-state index contributed by atoms with van der Waals surface area (Å²) in [6.45, 7) is 0. The van der Waals surface area contributed by atoms with Gasteiger partial charge >= 0.3 is 0 Å². The Bertz CT molecular complexity index is 481. The van der Waals surface area contributed by atoms with E-state index < -0.39 is 10.0 Å². The standard InChI is InChI=1S/C12H16BrNO2S2/c13-9-18(15,16)14-10-5-7-12(8-6-10)17-11-3-1-2-4-11/h5-8,11,14H,1-4,9H2. The highest BCUT2D eigenvalue weighted by Gasteiger charge is 2.16. The predicted octanol–water partition coefficient (Wildman–Crippen LogP) is 3.82. The molecule has 100 valence electrons. The van der Waals surface area contributed by atoms with Crippen molar-refractivity contribution in [2.24, 2.45) is 0 Å². The van der Waals surface area contributed by atoms with E-state index in [2.05, 4.69) is 20.7 Å². The third-order valence-corrected chi connectivity index (χ3v) is 6.87. The van der Waals surface area contributed by atoms with Crippen molar-refractivity contribution in [3.8, 4) is 0 Å². The average Bonchev–Trinajstić information content (AvgIpc) is 2.84. The highest BCUT2D eigenvalue weighted by atomic mass is 79.9. The molecule has 0 atom stereocenters. The van der Waals surface area contributed by atoms with Gasteiger partial charge < -0.3 is 0 Å². The molecule has 1 aliphatic carbocycles. The zero-order valence-corrected chi connectivity index (χ0v) is 13.2. The minimum atomic E-state index is -3.25. The van der Waals surface area contributed by atoms with Gasteiger partial charge in [0.05, 0.1) is 0 Å². The van der Waals surface area contributed by atoms with Crippen molar-refractivity contribution in [2.75, 3.05) is 9.38 Å². The Morgan fingerprint density at radius 3 is 2.39 bits per heavy atom. The van der Waals surface area contributed by atoms with Crippen LogP contribution in [0.1, 0.15) is 25.7 Å². The SMILES string of the molecule is O=S(=O)(CBr)Nc1ccc(SC2CCCC2)cc1. The lowest BCUT2D eigenvalue weighted by Crippen LogP contribution is -2.12. The van der Waals surface area contributed by atoms with E-state index in [1.165, 1.54) is 30.6 Å². The summed E-state index contributed by atoms with van der Waals surface area (Å²) < 4.78 is 25.2. The van der Waals surface area contributed by atoms with Gasteiger partial charge in [0.2, 0.25) is 10.0 Å². The number of rotatable bonds is 5. The van der Waals surface area contributed by atoms with Crippen molar-refractivity contribution >= 4 is 43.4 Å². The van der Waals surface area contributed by atoms with Gasteiger partial charge in [0.1, 0.15) is 4.66 Å². The fourth-order valence-electron chi connectivity index (χ4n) is 2.01. The zero-order valence-electron chi connectivity index (χ0n) is 9.93. The average molecular weight is 350 g/mol. The summed E-state index contributed by atoms with van der Waals surface area (Å²) in [7, 11) is -3.25. The molecule has 0 aromatic heterocycles. The number of halogens is 1. The number of nitrogens with one attached hydrogen (secondary N) is 1. The summed E-state index contributed by atoms with van der Waals surface area (Å²) in [5.74, 6) is 0. The van der Waals surface area contributed by atoms with Crippen molar-refractivity contribution in [2.45, 2.75) is 35.8 Å². The van der Waals surface area contributed by atoms with Crippen LogP contribution < -0.4 is 4.72 Å². The Hall–Kier alpha value is -0.200. The molecular weight excluding hydrogens is 334 g/mol. The molecule has 0 amide bonds. The van der Waals surface area contributed by atoms with Crippen LogP contribution in [0.3, 0.4) is 0 Å². The number of sulfonamides is 1. The Labute approximate surface area is 121 Å². The first kappa shape index (κ1) is 14.2. The minimum Gasteiger partial charge on any atom is -0.283 e. The third-order valence-electron chi connectivity index (χ3n) is 2.88. The van der Waals surface area contributed by atoms with E-state index in [1.54, 1.807) is 0 Å². The van der Waals surface area contributed by atoms with Gasteiger partial charge in [-0.15, -0.1) is 11.8 Å². The van der Waals surface area contributed by atoms with Gasteiger partial charge in [-0.2, -0.15) is 0 Å². The van der Waals surface area contributed by atoms with E-state index in [0.717, 1.165) is 5.25 Å². The second kappa shape index (κ2) is 6.30. The molecule has 1 fully saturated rings. The number of hydrogen-bond donors (Lipinski definition) is 1. The van der Waals surface area contributed by atoms with Gasteiger partial charge in [-0.1, -0.05) is 28.8 Å². The lowest BCUT2D eigenvalue weighted by Gasteiger charge is -2.10. The Balaban J connectivity index is 1.96. The second-order valence-corrected chi connectivity index (χ2v) is 8.77. The molecule has 18 heavy (non-hydrogen) atoms. The fraction of sp³-hybridized carbons (Fsp3) is 0.500. The molecule has 6 heteroatoms. The van der Waals surface area contributed by atoms with E-state index in [-0.39, 0.29) is 4.66 Å². The smallest absolute Gasteiger partial charge is 0.242 e. The van der Waals surface area contributed by atoms with Crippen LogP contribution >= 0.6 is 27.7 Å². The molecule has 0 saturated heterocycles. The van der Waals surface area contributed by atoms with Gasteiger partial charge in [-0.05, 0) is 37.1 Å². The fourth-order valence-corrected chi connectivity index (χ4v) is 4.15. The lowest BCUT2D eigenvalue weighted by atomic mass is 10.3. The zero-order chi connectivity index (χ0) is 13.0. The van der Waals surface area contributed by atoms with Crippen LogP contribution in [0.4, 0.5) is 5.69 Å². The van der Waals surface area contributed by atoms with Crippen molar-refractivity contribution < 1.29 is 8.42 Å². The maximum absolute atomic E-state index is 11.4. The minimum absolute atomic E-state index is 0.0847.